The summed E-state index contributed by atoms with van der Waals surface area (Å²) in [5, 5.41) is 9.30. The Labute approximate surface area is 128 Å². The summed E-state index contributed by atoms with van der Waals surface area (Å²) in [5.41, 5.74) is 9.36. The molecule has 0 radical (unpaired) electrons. The van der Waals surface area contributed by atoms with Crippen molar-refractivity contribution in [2.24, 2.45) is 0 Å². The number of carbonyl (C=O) groups excluding carboxylic acids is 1. The van der Waals surface area contributed by atoms with E-state index in [0.717, 1.165) is 6.42 Å². The molecule has 1 aromatic carbocycles. The van der Waals surface area contributed by atoms with E-state index in [1.54, 1.807) is 28.8 Å². The lowest BCUT2D eigenvalue weighted by atomic mass is 10.0. The number of carbonyl (C=O) groups is 1. The first-order valence-corrected chi connectivity index (χ1v) is 7.09. The molecule has 0 unspecified atom stereocenters. The molecule has 4 heteroatoms. The first-order valence-electron chi connectivity index (χ1n) is 7.09. The van der Waals surface area contributed by atoms with E-state index in [0.29, 0.717) is 22.3 Å². The number of aromatic nitrogens is 1. The van der Waals surface area contributed by atoms with Gasteiger partial charge in [-0.3, -0.25) is 4.79 Å². The van der Waals surface area contributed by atoms with Gasteiger partial charge in [0.1, 0.15) is 17.3 Å². The summed E-state index contributed by atoms with van der Waals surface area (Å²) in [6.07, 6.45) is 2.67. The van der Waals surface area contributed by atoms with Crippen LogP contribution >= 0.6 is 0 Å². The van der Waals surface area contributed by atoms with E-state index in [4.69, 9.17) is 5.73 Å². The standard InChI is InChI=1S/C18H15N3O/c1-2-12-6-8-13(9-7-12)18(22)17-16(20)14(11-19)15-5-3-4-10-21(15)17/h3-10H,2,20H2,1H3. The molecule has 108 valence electrons. The second-order valence-electron chi connectivity index (χ2n) is 5.08. The number of nitrogens with zero attached hydrogens (tertiary/aromatic N) is 2. The average Bonchev–Trinajstić information content (AvgIpc) is 2.85. The summed E-state index contributed by atoms with van der Waals surface area (Å²) < 4.78 is 1.68. The molecule has 0 bridgehead atoms. The largest absolute Gasteiger partial charge is 0.396 e. The zero-order valence-corrected chi connectivity index (χ0v) is 12.2. The van der Waals surface area contributed by atoms with E-state index in [1.165, 1.54) is 5.56 Å². The molecule has 0 aliphatic carbocycles. The first-order chi connectivity index (χ1) is 10.7. The summed E-state index contributed by atoms with van der Waals surface area (Å²) in [6.45, 7) is 2.06. The molecule has 0 spiro atoms. The fourth-order valence-electron chi connectivity index (χ4n) is 2.61. The Balaban J connectivity index is 2.19. The molecule has 0 saturated heterocycles. The van der Waals surface area contributed by atoms with Crippen molar-refractivity contribution in [1.29, 1.82) is 5.26 Å². The van der Waals surface area contributed by atoms with Gasteiger partial charge in [-0.2, -0.15) is 5.26 Å². The van der Waals surface area contributed by atoms with Gasteiger partial charge in [-0.25, -0.2) is 0 Å². The van der Waals surface area contributed by atoms with Crippen LogP contribution in [-0.2, 0) is 6.42 Å². The van der Waals surface area contributed by atoms with Gasteiger partial charge in [0, 0.05) is 11.8 Å². The van der Waals surface area contributed by atoms with Gasteiger partial charge in [-0.15, -0.1) is 0 Å². The third-order valence-electron chi connectivity index (χ3n) is 3.83. The maximum absolute atomic E-state index is 12.8. The molecule has 2 aromatic heterocycles. The van der Waals surface area contributed by atoms with Crippen molar-refractivity contribution in [3.05, 3.63) is 71.0 Å². The van der Waals surface area contributed by atoms with E-state index in [9.17, 15) is 10.1 Å². The Bertz CT molecular complexity index is 898. The Morgan fingerprint density at radius 1 is 1.23 bits per heavy atom. The van der Waals surface area contributed by atoms with Gasteiger partial charge < -0.3 is 10.1 Å². The van der Waals surface area contributed by atoms with Crippen LogP contribution in [0.1, 0.15) is 34.1 Å². The van der Waals surface area contributed by atoms with E-state index < -0.39 is 0 Å². The average molecular weight is 289 g/mol. The fraction of sp³-hybridized carbons (Fsp3) is 0.111. The molecule has 2 heterocycles. The Kier molecular flexibility index (Phi) is 3.40. The Morgan fingerprint density at radius 2 is 1.95 bits per heavy atom. The van der Waals surface area contributed by atoms with Crippen molar-refractivity contribution in [3.8, 4) is 6.07 Å². The number of ketones is 1. The second-order valence-corrected chi connectivity index (χ2v) is 5.08. The van der Waals surface area contributed by atoms with Gasteiger partial charge in [-0.1, -0.05) is 37.3 Å². The topological polar surface area (TPSA) is 71.3 Å². The van der Waals surface area contributed by atoms with Crippen LogP contribution in [0.3, 0.4) is 0 Å². The molecule has 2 N–H and O–H groups in total. The van der Waals surface area contributed by atoms with Gasteiger partial charge >= 0.3 is 0 Å². The highest BCUT2D eigenvalue weighted by molar-refractivity contribution is 6.13. The molecule has 3 rings (SSSR count). The van der Waals surface area contributed by atoms with Gasteiger partial charge in [0.2, 0.25) is 5.78 Å². The molecular weight excluding hydrogens is 274 g/mol. The lowest BCUT2D eigenvalue weighted by molar-refractivity contribution is 0.103. The molecular formula is C18H15N3O. The molecule has 22 heavy (non-hydrogen) atoms. The van der Waals surface area contributed by atoms with Gasteiger partial charge in [0.15, 0.2) is 0 Å². The van der Waals surface area contributed by atoms with E-state index in [-0.39, 0.29) is 11.5 Å². The van der Waals surface area contributed by atoms with Crippen LogP contribution < -0.4 is 5.73 Å². The number of nitrogen functional groups attached to an aromatic ring is 1. The summed E-state index contributed by atoms with van der Waals surface area (Å²) in [4.78, 5) is 12.8. The number of pyridine rings is 1. The fourth-order valence-corrected chi connectivity index (χ4v) is 2.61. The summed E-state index contributed by atoms with van der Waals surface area (Å²) >= 11 is 0. The summed E-state index contributed by atoms with van der Waals surface area (Å²) in [5.74, 6) is -0.178. The van der Waals surface area contributed by atoms with Crippen LogP contribution in [0.25, 0.3) is 5.52 Å². The molecule has 0 amide bonds. The number of benzene rings is 1. The minimum absolute atomic E-state index is 0.178. The minimum Gasteiger partial charge on any atom is -0.396 e. The summed E-state index contributed by atoms with van der Waals surface area (Å²) in [7, 11) is 0. The van der Waals surface area contributed by atoms with Crippen LogP contribution in [0, 0.1) is 11.3 Å². The molecule has 0 atom stereocenters. The van der Waals surface area contributed by atoms with Gasteiger partial charge in [0.05, 0.1) is 11.2 Å². The lowest BCUT2D eigenvalue weighted by Gasteiger charge is -2.04. The van der Waals surface area contributed by atoms with E-state index in [1.807, 2.05) is 24.3 Å². The summed E-state index contributed by atoms with van der Waals surface area (Å²) in [6, 6.07) is 15.0. The number of hydrogen-bond donors (Lipinski definition) is 1. The maximum Gasteiger partial charge on any atom is 0.211 e. The number of hydrogen-bond acceptors (Lipinski definition) is 3. The molecule has 3 aromatic rings. The SMILES string of the molecule is CCc1ccc(C(=O)c2c(N)c(C#N)c3ccccn23)cc1. The van der Waals surface area contributed by atoms with Crippen molar-refractivity contribution in [3.63, 3.8) is 0 Å². The number of nitriles is 1. The number of rotatable bonds is 3. The highest BCUT2D eigenvalue weighted by atomic mass is 16.1. The molecule has 4 nitrogen and oxygen atoms in total. The third kappa shape index (κ3) is 2.04. The maximum atomic E-state index is 12.8. The van der Waals surface area contributed by atoms with Gasteiger partial charge in [-0.05, 0) is 24.1 Å². The zero-order valence-electron chi connectivity index (χ0n) is 12.2. The van der Waals surface area contributed by atoms with Crippen LogP contribution in [0.15, 0.2) is 48.7 Å². The van der Waals surface area contributed by atoms with Crippen LogP contribution in [0.2, 0.25) is 0 Å². The quantitative estimate of drug-likeness (QED) is 0.753. The predicted molar refractivity (Wildman–Crippen MR) is 85.8 cm³/mol. The first kappa shape index (κ1) is 13.9. The smallest absolute Gasteiger partial charge is 0.211 e. The number of aryl methyl sites for hydroxylation is 1. The number of anilines is 1. The number of fused-ring (bicyclic) bond motifs is 1. The lowest BCUT2D eigenvalue weighted by Crippen LogP contribution is -2.08. The molecule has 0 fully saturated rings. The Morgan fingerprint density at radius 3 is 2.59 bits per heavy atom. The third-order valence-corrected chi connectivity index (χ3v) is 3.83. The van der Waals surface area contributed by atoms with Crippen molar-refractivity contribution in [2.45, 2.75) is 13.3 Å². The van der Waals surface area contributed by atoms with E-state index >= 15 is 0 Å². The van der Waals surface area contributed by atoms with Crippen LogP contribution in [0.4, 0.5) is 5.69 Å². The van der Waals surface area contributed by atoms with Crippen molar-refractivity contribution in [2.75, 3.05) is 5.73 Å². The van der Waals surface area contributed by atoms with Crippen LogP contribution in [0.5, 0.6) is 0 Å². The van der Waals surface area contributed by atoms with Crippen molar-refractivity contribution in [1.82, 2.24) is 4.40 Å². The minimum atomic E-state index is -0.178. The predicted octanol–water partition coefficient (Wildman–Crippen LogP) is 3.19. The molecule has 0 aliphatic heterocycles. The van der Waals surface area contributed by atoms with Crippen LogP contribution in [-0.4, -0.2) is 10.2 Å². The molecule has 0 saturated carbocycles. The van der Waals surface area contributed by atoms with Crippen molar-refractivity contribution < 1.29 is 4.79 Å². The monoisotopic (exact) mass is 289 g/mol. The second kappa shape index (κ2) is 5.38. The molecule has 0 aliphatic rings. The highest BCUT2D eigenvalue weighted by Crippen LogP contribution is 2.27. The van der Waals surface area contributed by atoms with Gasteiger partial charge in [0.25, 0.3) is 0 Å². The number of nitrogens with two attached hydrogens (primary N) is 1. The highest BCUT2D eigenvalue weighted by Gasteiger charge is 2.22. The van der Waals surface area contributed by atoms with Crippen molar-refractivity contribution >= 4 is 17.0 Å². The normalized spacial score (nSPS) is 10.5. The zero-order chi connectivity index (χ0) is 15.7. The Hall–Kier alpha value is -3.06. The van der Waals surface area contributed by atoms with E-state index in [2.05, 4.69) is 13.0 Å².